The van der Waals surface area contributed by atoms with Crippen LogP contribution in [0.3, 0.4) is 0 Å². The Kier molecular flexibility index (Phi) is 9.35. The number of nitrogens with zero attached hydrogens (tertiary/aromatic N) is 1. The smallest absolute Gasteiger partial charge is 0.328 e. The third kappa shape index (κ3) is 8.13. The number of benzene rings is 1. The number of hydrogen-bond donors (Lipinski definition) is 2. The number of carboxylic acids is 1. The summed E-state index contributed by atoms with van der Waals surface area (Å²) >= 11 is 3.41. The van der Waals surface area contributed by atoms with Gasteiger partial charge < -0.3 is 10.4 Å². The number of carboxylic acid groups (broad SMARTS) is 1. The molecule has 2 N–H and O–H groups in total. The van der Waals surface area contributed by atoms with E-state index in [4.69, 9.17) is 5.11 Å². The van der Waals surface area contributed by atoms with Crippen LogP contribution in [0, 0.1) is 0 Å². The lowest BCUT2D eigenvalue weighted by Gasteiger charge is -2.00. The molecule has 0 saturated carbocycles. The Morgan fingerprint density at radius 1 is 1.15 bits per heavy atom. The van der Waals surface area contributed by atoms with Crippen molar-refractivity contribution in [3.05, 3.63) is 30.4 Å². The second kappa shape index (κ2) is 11.8. The number of anilines is 1. The summed E-state index contributed by atoms with van der Waals surface area (Å²) in [5, 5.41) is 11.2. The number of fused-ring (bicyclic) bond motifs is 1. The summed E-state index contributed by atoms with van der Waals surface area (Å²) in [5.74, 6) is -0.530. The van der Waals surface area contributed by atoms with Crippen molar-refractivity contribution >= 4 is 50.9 Å². The molecule has 1 aromatic carbocycles. The fraction of sp³-hybridized carbons (Fsp3) is 0.450. The van der Waals surface area contributed by atoms with Gasteiger partial charge in [0.15, 0.2) is 4.34 Å². The van der Waals surface area contributed by atoms with Crippen LogP contribution in [-0.4, -0.2) is 27.7 Å². The Balaban J connectivity index is 1.79. The molecule has 0 saturated heterocycles. The zero-order valence-corrected chi connectivity index (χ0v) is 17.2. The van der Waals surface area contributed by atoms with Gasteiger partial charge >= 0.3 is 5.97 Å². The minimum Gasteiger partial charge on any atom is -0.478 e. The Labute approximate surface area is 168 Å². The molecule has 0 spiro atoms. The molecule has 27 heavy (non-hydrogen) atoms. The van der Waals surface area contributed by atoms with Crippen molar-refractivity contribution in [3.8, 4) is 0 Å². The molecule has 0 unspecified atom stereocenters. The van der Waals surface area contributed by atoms with E-state index in [1.807, 2.05) is 12.1 Å². The number of amides is 1. The van der Waals surface area contributed by atoms with Crippen molar-refractivity contribution < 1.29 is 14.7 Å². The van der Waals surface area contributed by atoms with Crippen molar-refractivity contribution in [1.82, 2.24) is 4.98 Å². The number of thiazole rings is 1. The average Bonchev–Trinajstić information content (AvgIpc) is 3.04. The molecular formula is C20H26N2O3S2. The van der Waals surface area contributed by atoms with Gasteiger partial charge in [-0.1, -0.05) is 57.2 Å². The maximum Gasteiger partial charge on any atom is 0.328 e. The van der Waals surface area contributed by atoms with E-state index in [-0.39, 0.29) is 0 Å². The highest BCUT2D eigenvalue weighted by molar-refractivity contribution is 8.01. The highest BCUT2D eigenvalue weighted by atomic mass is 32.2. The summed E-state index contributed by atoms with van der Waals surface area (Å²) in [4.78, 5) is 26.7. The summed E-state index contributed by atoms with van der Waals surface area (Å²) in [5.41, 5.74) is 1.55. The number of carbonyl (C=O) groups is 2. The lowest BCUT2D eigenvalue weighted by Crippen LogP contribution is -2.08. The van der Waals surface area contributed by atoms with Crippen molar-refractivity contribution in [1.29, 1.82) is 0 Å². The summed E-state index contributed by atoms with van der Waals surface area (Å²) < 4.78 is 2.06. The van der Waals surface area contributed by atoms with Crippen LogP contribution < -0.4 is 5.32 Å². The van der Waals surface area contributed by atoms with Crippen molar-refractivity contribution in [3.63, 3.8) is 0 Å². The van der Waals surface area contributed by atoms with Crippen molar-refractivity contribution in [2.75, 3.05) is 11.1 Å². The Bertz CT molecular complexity index is 787. The van der Waals surface area contributed by atoms with Crippen LogP contribution in [0.2, 0.25) is 0 Å². The van der Waals surface area contributed by atoms with Crippen LogP contribution in [0.15, 0.2) is 34.7 Å². The van der Waals surface area contributed by atoms with E-state index in [1.165, 1.54) is 44.9 Å². The topological polar surface area (TPSA) is 79.3 Å². The molecule has 1 amide bonds. The summed E-state index contributed by atoms with van der Waals surface area (Å²) in [6.07, 6.45) is 11.0. The standard InChI is InChI=1S/C20H26N2O3S2/c1-2-3-4-5-6-7-8-13-26-20-22-16-10-9-15(14-17(16)27-20)21-18(23)11-12-19(24)25/h9-12,14H,2-8,13H2,1H3,(H,21,23)(H,24,25). The molecule has 1 heterocycles. The summed E-state index contributed by atoms with van der Waals surface area (Å²) in [7, 11) is 0. The fourth-order valence-electron chi connectivity index (χ4n) is 2.59. The van der Waals surface area contributed by atoms with E-state index in [0.29, 0.717) is 5.69 Å². The summed E-state index contributed by atoms with van der Waals surface area (Å²) in [6, 6.07) is 5.52. The first-order valence-electron chi connectivity index (χ1n) is 9.34. The second-order valence-electron chi connectivity index (χ2n) is 6.29. The number of aliphatic carboxylic acids is 1. The van der Waals surface area contributed by atoms with Crippen LogP contribution in [0.25, 0.3) is 10.2 Å². The van der Waals surface area contributed by atoms with E-state index in [1.54, 1.807) is 29.2 Å². The van der Waals surface area contributed by atoms with Gasteiger partial charge in [0.1, 0.15) is 0 Å². The maximum atomic E-state index is 11.7. The SMILES string of the molecule is CCCCCCCCCSc1nc2ccc(NC(=O)C=CC(=O)O)cc2s1. The Hall–Kier alpha value is -1.86. The first kappa shape index (κ1) is 21.4. The van der Waals surface area contributed by atoms with E-state index >= 15 is 0 Å². The number of nitrogens with one attached hydrogen (secondary N) is 1. The van der Waals surface area contributed by atoms with Gasteiger partial charge in [-0.15, -0.1) is 11.3 Å². The zero-order chi connectivity index (χ0) is 19.5. The van der Waals surface area contributed by atoms with Crippen molar-refractivity contribution in [2.45, 2.75) is 56.2 Å². The predicted molar refractivity (Wildman–Crippen MR) is 114 cm³/mol. The second-order valence-corrected chi connectivity index (χ2v) is 8.67. The molecule has 0 atom stereocenters. The normalized spacial score (nSPS) is 11.3. The Morgan fingerprint density at radius 3 is 2.63 bits per heavy atom. The maximum absolute atomic E-state index is 11.7. The molecule has 0 aliphatic heterocycles. The van der Waals surface area contributed by atoms with E-state index < -0.39 is 11.9 Å². The monoisotopic (exact) mass is 406 g/mol. The molecule has 146 valence electrons. The molecular weight excluding hydrogens is 380 g/mol. The van der Waals surface area contributed by atoms with Gasteiger partial charge in [-0.25, -0.2) is 9.78 Å². The minimum atomic E-state index is -1.15. The molecule has 1 aromatic heterocycles. The molecule has 2 aromatic rings. The zero-order valence-electron chi connectivity index (χ0n) is 15.6. The predicted octanol–water partition coefficient (Wildman–Crippen LogP) is 5.72. The van der Waals surface area contributed by atoms with Gasteiger partial charge in [0.05, 0.1) is 10.2 Å². The number of thioether (sulfide) groups is 1. The highest BCUT2D eigenvalue weighted by Crippen LogP contribution is 2.31. The van der Waals surface area contributed by atoms with E-state index in [0.717, 1.165) is 32.5 Å². The molecule has 7 heteroatoms. The molecule has 0 fully saturated rings. The lowest BCUT2D eigenvalue weighted by molar-refractivity contribution is -0.131. The minimum absolute atomic E-state index is 0.463. The van der Waals surface area contributed by atoms with Gasteiger partial charge in [-0.05, 0) is 24.6 Å². The number of unbranched alkanes of at least 4 members (excludes halogenated alkanes) is 6. The van der Waals surface area contributed by atoms with Gasteiger partial charge in [-0.3, -0.25) is 4.79 Å². The molecule has 5 nitrogen and oxygen atoms in total. The van der Waals surface area contributed by atoms with Crippen LogP contribution in [0.1, 0.15) is 51.9 Å². The quantitative estimate of drug-likeness (QED) is 0.268. The lowest BCUT2D eigenvalue weighted by atomic mass is 10.1. The molecule has 0 aliphatic carbocycles. The molecule has 0 radical (unpaired) electrons. The van der Waals surface area contributed by atoms with E-state index in [9.17, 15) is 9.59 Å². The van der Waals surface area contributed by atoms with Crippen LogP contribution in [0.5, 0.6) is 0 Å². The Morgan fingerprint density at radius 2 is 1.89 bits per heavy atom. The number of rotatable bonds is 12. The van der Waals surface area contributed by atoms with Gasteiger partial charge in [0.2, 0.25) is 5.91 Å². The first-order chi connectivity index (χ1) is 13.1. The van der Waals surface area contributed by atoms with Crippen LogP contribution in [-0.2, 0) is 9.59 Å². The third-order valence-corrected chi connectivity index (χ3v) is 6.23. The molecule has 2 rings (SSSR count). The number of hydrogen-bond acceptors (Lipinski definition) is 5. The fourth-order valence-corrected chi connectivity index (χ4v) is 4.77. The first-order valence-corrected chi connectivity index (χ1v) is 11.1. The molecule has 0 aliphatic rings. The van der Waals surface area contributed by atoms with Gasteiger partial charge in [-0.2, -0.15) is 0 Å². The molecule has 0 bridgehead atoms. The average molecular weight is 407 g/mol. The van der Waals surface area contributed by atoms with E-state index in [2.05, 4.69) is 17.2 Å². The van der Waals surface area contributed by atoms with Crippen LogP contribution in [0.4, 0.5) is 5.69 Å². The largest absolute Gasteiger partial charge is 0.478 e. The van der Waals surface area contributed by atoms with Crippen molar-refractivity contribution in [2.24, 2.45) is 0 Å². The van der Waals surface area contributed by atoms with Crippen LogP contribution >= 0.6 is 23.1 Å². The van der Waals surface area contributed by atoms with Gasteiger partial charge in [0.25, 0.3) is 0 Å². The number of aromatic nitrogens is 1. The third-order valence-electron chi connectivity index (χ3n) is 3.99. The highest BCUT2D eigenvalue weighted by Gasteiger charge is 2.07. The van der Waals surface area contributed by atoms with Gasteiger partial charge in [0, 0.05) is 23.6 Å². The number of carbonyl (C=O) groups excluding carboxylic acids is 1. The summed E-state index contributed by atoms with van der Waals surface area (Å²) in [6.45, 7) is 2.24.